The van der Waals surface area contributed by atoms with Crippen LogP contribution < -0.4 is 5.32 Å². The first-order chi connectivity index (χ1) is 9.72. The van der Waals surface area contributed by atoms with Crippen LogP contribution in [0.5, 0.6) is 0 Å². The second-order valence-corrected chi connectivity index (χ2v) is 5.01. The van der Waals surface area contributed by atoms with Gasteiger partial charge in [-0.25, -0.2) is 0 Å². The molecular weight excluding hydrogens is 246 g/mol. The molecule has 0 aliphatic carbocycles. The van der Waals surface area contributed by atoms with Gasteiger partial charge in [-0.1, -0.05) is 43.7 Å². The van der Waals surface area contributed by atoms with Crippen molar-refractivity contribution in [3.05, 3.63) is 65.2 Å². The van der Waals surface area contributed by atoms with Gasteiger partial charge < -0.3 is 5.32 Å². The molecule has 2 nitrogen and oxygen atoms in total. The first-order valence-electron chi connectivity index (χ1n) is 7.17. The van der Waals surface area contributed by atoms with Gasteiger partial charge in [-0.05, 0) is 49.1 Å². The van der Waals surface area contributed by atoms with E-state index in [9.17, 15) is 4.79 Å². The minimum Gasteiger partial charge on any atom is -0.322 e. The molecule has 0 aliphatic heterocycles. The van der Waals surface area contributed by atoms with E-state index < -0.39 is 0 Å². The Bertz CT molecular complexity index is 575. The van der Waals surface area contributed by atoms with Crippen molar-refractivity contribution in [3.63, 3.8) is 0 Å². The zero-order valence-electron chi connectivity index (χ0n) is 12.1. The number of aryl methyl sites for hydroxylation is 1. The first kappa shape index (κ1) is 14.3. The van der Waals surface area contributed by atoms with Crippen LogP contribution in [0.15, 0.2) is 48.5 Å². The van der Waals surface area contributed by atoms with Crippen molar-refractivity contribution in [3.8, 4) is 0 Å². The molecule has 0 saturated carbocycles. The third-order valence-corrected chi connectivity index (χ3v) is 3.52. The van der Waals surface area contributed by atoms with Crippen molar-refractivity contribution in [2.45, 2.75) is 33.1 Å². The summed E-state index contributed by atoms with van der Waals surface area (Å²) in [6, 6.07) is 15.5. The molecule has 0 unspecified atom stereocenters. The van der Waals surface area contributed by atoms with Gasteiger partial charge in [0.15, 0.2) is 0 Å². The highest BCUT2D eigenvalue weighted by molar-refractivity contribution is 6.05. The monoisotopic (exact) mass is 267 g/mol. The van der Waals surface area contributed by atoms with E-state index in [4.69, 9.17) is 0 Å². The summed E-state index contributed by atoms with van der Waals surface area (Å²) < 4.78 is 0. The Labute approximate surface area is 120 Å². The van der Waals surface area contributed by atoms with Crippen LogP contribution in [0.1, 0.15) is 41.3 Å². The lowest BCUT2D eigenvalue weighted by atomic mass is 9.98. The molecular formula is C18H21NO. The summed E-state index contributed by atoms with van der Waals surface area (Å²) in [5.74, 6) is -0.0351. The topological polar surface area (TPSA) is 29.1 Å². The molecule has 2 rings (SSSR count). The van der Waals surface area contributed by atoms with E-state index in [1.54, 1.807) is 0 Å². The molecule has 2 heteroatoms. The molecule has 2 aromatic rings. The number of unbranched alkanes of at least 4 members (excludes halogenated alkanes) is 1. The Balaban J connectivity index is 2.17. The van der Waals surface area contributed by atoms with E-state index in [-0.39, 0.29) is 5.91 Å². The van der Waals surface area contributed by atoms with Crippen molar-refractivity contribution in [2.24, 2.45) is 0 Å². The Morgan fingerprint density at radius 1 is 1.05 bits per heavy atom. The first-order valence-corrected chi connectivity index (χ1v) is 7.17. The van der Waals surface area contributed by atoms with Gasteiger partial charge in [0.1, 0.15) is 0 Å². The lowest BCUT2D eigenvalue weighted by Gasteiger charge is -2.11. The molecule has 20 heavy (non-hydrogen) atoms. The van der Waals surface area contributed by atoms with Gasteiger partial charge >= 0.3 is 0 Å². The van der Waals surface area contributed by atoms with E-state index in [1.807, 2.05) is 49.4 Å². The second-order valence-electron chi connectivity index (χ2n) is 5.01. The molecule has 0 radical (unpaired) electrons. The number of hydrogen-bond donors (Lipinski definition) is 1. The van der Waals surface area contributed by atoms with Crippen molar-refractivity contribution in [1.82, 2.24) is 0 Å². The predicted molar refractivity (Wildman–Crippen MR) is 84.2 cm³/mol. The summed E-state index contributed by atoms with van der Waals surface area (Å²) in [6.45, 7) is 4.21. The van der Waals surface area contributed by atoms with Gasteiger partial charge in [-0.15, -0.1) is 0 Å². The van der Waals surface area contributed by atoms with Crippen LogP contribution in [0.2, 0.25) is 0 Å². The number of rotatable bonds is 5. The maximum Gasteiger partial charge on any atom is 0.255 e. The van der Waals surface area contributed by atoms with Crippen LogP contribution in [0.25, 0.3) is 0 Å². The summed E-state index contributed by atoms with van der Waals surface area (Å²) in [7, 11) is 0. The number of amides is 1. The van der Waals surface area contributed by atoms with Crippen LogP contribution in [-0.2, 0) is 6.42 Å². The Kier molecular flexibility index (Phi) is 4.94. The number of para-hydroxylation sites is 1. The normalized spacial score (nSPS) is 10.3. The highest BCUT2D eigenvalue weighted by Crippen LogP contribution is 2.18. The molecule has 0 bridgehead atoms. The smallest absolute Gasteiger partial charge is 0.255 e. The van der Waals surface area contributed by atoms with E-state index in [2.05, 4.69) is 18.3 Å². The van der Waals surface area contributed by atoms with E-state index in [0.717, 1.165) is 29.7 Å². The van der Waals surface area contributed by atoms with E-state index in [0.29, 0.717) is 0 Å². The average Bonchev–Trinajstić information content (AvgIpc) is 2.47. The molecule has 104 valence electrons. The zero-order chi connectivity index (χ0) is 14.4. The van der Waals surface area contributed by atoms with Crippen LogP contribution >= 0.6 is 0 Å². The molecule has 0 aromatic heterocycles. The largest absolute Gasteiger partial charge is 0.322 e. The highest BCUT2D eigenvalue weighted by atomic mass is 16.1. The molecule has 0 heterocycles. The Morgan fingerprint density at radius 2 is 1.80 bits per heavy atom. The predicted octanol–water partition coefficient (Wildman–Crippen LogP) is 4.59. The van der Waals surface area contributed by atoms with Crippen molar-refractivity contribution < 1.29 is 4.79 Å². The number of nitrogens with one attached hydrogen (secondary N) is 1. The molecule has 1 N–H and O–H groups in total. The highest BCUT2D eigenvalue weighted by Gasteiger charge is 2.11. The van der Waals surface area contributed by atoms with Gasteiger partial charge in [-0.2, -0.15) is 0 Å². The third kappa shape index (κ3) is 3.47. The quantitative estimate of drug-likeness (QED) is 0.843. The number of anilines is 1. The fraction of sp³-hybridized carbons (Fsp3) is 0.278. The zero-order valence-corrected chi connectivity index (χ0v) is 12.1. The van der Waals surface area contributed by atoms with Crippen LogP contribution in [-0.4, -0.2) is 5.91 Å². The average molecular weight is 267 g/mol. The summed E-state index contributed by atoms with van der Waals surface area (Å²) in [5, 5.41) is 2.94. The maximum absolute atomic E-state index is 12.3. The lowest BCUT2D eigenvalue weighted by Crippen LogP contribution is -2.14. The van der Waals surface area contributed by atoms with E-state index >= 15 is 0 Å². The van der Waals surface area contributed by atoms with Gasteiger partial charge in [0.05, 0.1) is 0 Å². The molecule has 0 aliphatic rings. The van der Waals surface area contributed by atoms with Crippen molar-refractivity contribution in [1.29, 1.82) is 0 Å². The summed E-state index contributed by atoms with van der Waals surface area (Å²) in [4.78, 5) is 12.3. The third-order valence-electron chi connectivity index (χ3n) is 3.52. The number of benzene rings is 2. The van der Waals surface area contributed by atoms with Gasteiger partial charge in [0, 0.05) is 11.3 Å². The van der Waals surface area contributed by atoms with Gasteiger partial charge in [-0.3, -0.25) is 4.79 Å². The molecule has 0 saturated heterocycles. The van der Waals surface area contributed by atoms with E-state index in [1.165, 1.54) is 12.0 Å². The fourth-order valence-corrected chi connectivity index (χ4v) is 2.29. The SMILES string of the molecule is CCCCc1cccc(C(=O)Nc2ccccc2)c1C. The molecule has 2 aromatic carbocycles. The van der Waals surface area contributed by atoms with Crippen LogP contribution in [0.4, 0.5) is 5.69 Å². The molecule has 0 atom stereocenters. The second kappa shape index (κ2) is 6.90. The summed E-state index contributed by atoms with van der Waals surface area (Å²) in [5.41, 5.74) is 3.96. The van der Waals surface area contributed by atoms with Crippen molar-refractivity contribution in [2.75, 3.05) is 5.32 Å². The number of carbonyl (C=O) groups is 1. The fourth-order valence-electron chi connectivity index (χ4n) is 2.29. The lowest BCUT2D eigenvalue weighted by molar-refractivity contribution is 0.102. The summed E-state index contributed by atoms with van der Waals surface area (Å²) >= 11 is 0. The van der Waals surface area contributed by atoms with Gasteiger partial charge in [0.2, 0.25) is 0 Å². The molecule has 0 spiro atoms. The van der Waals surface area contributed by atoms with Gasteiger partial charge in [0.25, 0.3) is 5.91 Å². The minimum atomic E-state index is -0.0351. The van der Waals surface area contributed by atoms with Crippen LogP contribution in [0, 0.1) is 6.92 Å². The Hall–Kier alpha value is -2.09. The van der Waals surface area contributed by atoms with Crippen LogP contribution in [0.3, 0.4) is 0 Å². The standard InChI is InChI=1S/C18H21NO/c1-3-4-9-15-10-8-13-17(14(15)2)18(20)19-16-11-6-5-7-12-16/h5-8,10-13H,3-4,9H2,1-2H3,(H,19,20). The Morgan fingerprint density at radius 3 is 2.50 bits per heavy atom. The van der Waals surface area contributed by atoms with Crippen molar-refractivity contribution >= 4 is 11.6 Å². The maximum atomic E-state index is 12.3. The number of hydrogen-bond acceptors (Lipinski definition) is 1. The molecule has 1 amide bonds. The number of carbonyl (C=O) groups excluding carboxylic acids is 1. The molecule has 0 fully saturated rings. The minimum absolute atomic E-state index is 0.0351. The summed E-state index contributed by atoms with van der Waals surface area (Å²) in [6.07, 6.45) is 3.36.